The Morgan fingerprint density at radius 1 is 1.26 bits per heavy atom. The van der Waals surface area contributed by atoms with Crippen LogP contribution in [0.25, 0.3) is 0 Å². The Hall–Kier alpha value is -2.60. The molecule has 2 heterocycles. The van der Waals surface area contributed by atoms with Crippen molar-refractivity contribution >= 4 is 17.5 Å². The van der Waals surface area contributed by atoms with Crippen LogP contribution in [0.4, 0.5) is 5.69 Å². The number of piperidine rings is 1. The molecule has 1 aliphatic heterocycles. The van der Waals surface area contributed by atoms with Crippen molar-refractivity contribution < 1.29 is 14.0 Å². The summed E-state index contributed by atoms with van der Waals surface area (Å²) in [5.41, 5.74) is 2.36. The maximum absolute atomic E-state index is 12.3. The molecular weight excluding hydrogens is 342 g/mol. The summed E-state index contributed by atoms with van der Waals surface area (Å²) < 4.78 is 4.88. The van der Waals surface area contributed by atoms with Crippen molar-refractivity contribution in [3.63, 3.8) is 0 Å². The summed E-state index contributed by atoms with van der Waals surface area (Å²) in [6.45, 7) is 7.19. The van der Waals surface area contributed by atoms with Gasteiger partial charge in [-0.25, -0.2) is 0 Å². The van der Waals surface area contributed by atoms with Gasteiger partial charge in [0.1, 0.15) is 12.3 Å². The van der Waals surface area contributed by atoms with Gasteiger partial charge in [0.25, 0.3) is 5.91 Å². The van der Waals surface area contributed by atoms with Crippen molar-refractivity contribution in [3.8, 4) is 0 Å². The van der Waals surface area contributed by atoms with Gasteiger partial charge in [0, 0.05) is 18.8 Å². The SMILES string of the molecule is C[C@H]1CCCN(Cc2ccc(NC(=O)[C@@H](C)NC(=O)c3ccoc3)cc2)C1. The van der Waals surface area contributed by atoms with Crippen molar-refractivity contribution in [2.24, 2.45) is 5.92 Å². The predicted molar refractivity (Wildman–Crippen MR) is 104 cm³/mol. The monoisotopic (exact) mass is 369 g/mol. The number of anilines is 1. The lowest BCUT2D eigenvalue weighted by Crippen LogP contribution is -2.41. The number of furan rings is 1. The maximum atomic E-state index is 12.3. The van der Waals surface area contributed by atoms with Crippen LogP contribution in [0.1, 0.15) is 42.6 Å². The minimum atomic E-state index is -0.651. The molecule has 144 valence electrons. The van der Waals surface area contributed by atoms with Gasteiger partial charge in [-0.1, -0.05) is 19.1 Å². The summed E-state index contributed by atoms with van der Waals surface area (Å²) in [6.07, 6.45) is 5.35. The number of nitrogens with zero attached hydrogens (tertiary/aromatic N) is 1. The van der Waals surface area contributed by atoms with Crippen molar-refractivity contribution in [2.75, 3.05) is 18.4 Å². The summed E-state index contributed by atoms with van der Waals surface area (Å²) in [5.74, 6) is 0.165. The number of hydrogen-bond donors (Lipinski definition) is 2. The molecule has 27 heavy (non-hydrogen) atoms. The normalized spacial score (nSPS) is 18.7. The minimum absolute atomic E-state index is 0.260. The summed E-state index contributed by atoms with van der Waals surface area (Å²) >= 11 is 0. The average molecular weight is 369 g/mol. The number of carbonyl (C=O) groups is 2. The van der Waals surface area contributed by atoms with Gasteiger partial charge in [-0.05, 0) is 56.0 Å². The van der Waals surface area contributed by atoms with E-state index in [2.05, 4.69) is 22.5 Å². The standard InChI is InChI=1S/C21H27N3O3/c1-15-4-3-10-24(12-15)13-17-5-7-19(8-6-17)23-20(25)16(2)22-21(26)18-9-11-27-14-18/h5-9,11,14-16H,3-4,10,12-13H2,1-2H3,(H,22,26)(H,23,25)/t15-,16+/m0/s1. The van der Waals surface area contributed by atoms with Crippen LogP contribution in [-0.4, -0.2) is 35.8 Å². The van der Waals surface area contributed by atoms with E-state index in [4.69, 9.17) is 4.42 Å². The molecule has 1 aromatic heterocycles. The summed E-state index contributed by atoms with van der Waals surface area (Å²) in [7, 11) is 0. The summed E-state index contributed by atoms with van der Waals surface area (Å²) in [5, 5.41) is 5.49. The molecule has 2 aromatic rings. The van der Waals surface area contributed by atoms with Crippen molar-refractivity contribution in [1.29, 1.82) is 0 Å². The Balaban J connectivity index is 1.49. The first-order valence-electron chi connectivity index (χ1n) is 9.46. The van der Waals surface area contributed by atoms with E-state index < -0.39 is 6.04 Å². The molecule has 1 fully saturated rings. The van der Waals surface area contributed by atoms with Crippen LogP contribution in [0.3, 0.4) is 0 Å². The zero-order chi connectivity index (χ0) is 19.2. The van der Waals surface area contributed by atoms with Gasteiger partial charge in [-0.3, -0.25) is 14.5 Å². The summed E-state index contributed by atoms with van der Waals surface area (Å²) in [4.78, 5) is 26.8. The second-order valence-electron chi connectivity index (χ2n) is 7.38. The minimum Gasteiger partial charge on any atom is -0.472 e. The average Bonchev–Trinajstić information content (AvgIpc) is 3.18. The third-order valence-electron chi connectivity index (χ3n) is 4.89. The molecule has 1 saturated heterocycles. The fraction of sp³-hybridized carbons (Fsp3) is 0.429. The van der Waals surface area contributed by atoms with Gasteiger partial charge in [0.15, 0.2) is 0 Å². The Labute approximate surface area is 159 Å². The van der Waals surface area contributed by atoms with E-state index in [-0.39, 0.29) is 11.8 Å². The molecule has 0 radical (unpaired) electrons. The molecule has 6 heteroatoms. The molecule has 2 N–H and O–H groups in total. The first kappa shape index (κ1) is 19.2. The topological polar surface area (TPSA) is 74.6 Å². The Morgan fingerprint density at radius 3 is 2.70 bits per heavy atom. The van der Waals surface area contributed by atoms with Gasteiger partial charge in [0.05, 0.1) is 11.8 Å². The molecular formula is C21H27N3O3. The molecule has 1 aliphatic rings. The van der Waals surface area contributed by atoms with Crippen molar-refractivity contribution in [1.82, 2.24) is 10.2 Å². The Bertz CT molecular complexity index is 755. The lowest BCUT2D eigenvalue weighted by Gasteiger charge is -2.30. The number of rotatable bonds is 6. The van der Waals surface area contributed by atoms with E-state index in [1.165, 1.54) is 30.9 Å². The fourth-order valence-corrected chi connectivity index (χ4v) is 3.37. The van der Waals surface area contributed by atoms with Crippen LogP contribution in [0.5, 0.6) is 0 Å². The van der Waals surface area contributed by atoms with Crippen LogP contribution in [0.2, 0.25) is 0 Å². The third kappa shape index (κ3) is 5.44. The highest BCUT2D eigenvalue weighted by Crippen LogP contribution is 2.19. The van der Waals surface area contributed by atoms with E-state index >= 15 is 0 Å². The van der Waals surface area contributed by atoms with Gasteiger partial charge in [-0.15, -0.1) is 0 Å². The fourth-order valence-electron chi connectivity index (χ4n) is 3.37. The highest BCUT2D eigenvalue weighted by molar-refractivity contribution is 6.00. The quantitative estimate of drug-likeness (QED) is 0.820. The summed E-state index contributed by atoms with van der Waals surface area (Å²) in [6, 6.07) is 8.81. The van der Waals surface area contributed by atoms with E-state index in [1.54, 1.807) is 13.0 Å². The van der Waals surface area contributed by atoms with Crippen LogP contribution in [0, 0.1) is 5.92 Å². The Kier molecular flexibility index (Phi) is 6.29. The maximum Gasteiger partial charge on any atom is 0.255 e. The highest BCUT2D eigenvalue weighted by Gasteiger charge is 2.18. The first-order chi connectivity index (χ1) is 13.0. The van der Waals surface area contributed by atoms with Crippen molar-refractivity contribution in [3.05, 3.63) is 54.0 Å². The van der Waals surface area contributed by atoms with Gasteiger partial charge in [-0.2, -0.15) is 0 Å². The van der Waals surface area contributed by atoms with Crippen LogP contribution in [0.15, 0.2) is 47.3 Å². The van der Waals surface area contributed by atoms with E-state index in [1.807, 2.05) is 24.3 Å². The molecule has 0 spiro atoms. The lowest BCUT2D eigenvalue weighted by atomic mass is 10.00. The van der Waals surface area contributed by atoms with Gasteiger partial charge in [0.2, 0.25) is 5.91 Å². The zero-order valence-electron chi connectivity index (χ0n) is 15.9. The lowest BCUT2D eigenvalue weighted by molar-refractivity contribution is -0.117. The zero-order valence-corrected chi connectivity index (χ0v) is 15.9. The Morgan fingerprint density at radius 2 is 2.04 bits per heavy atom. The number of hydrogen-bond acceptors (Lipinski definition) is 4. The first-order valence-corrected chi connectivity index (χ1v) is 9.46. The van der Waals surface area contributed by atoms with Crippen LogP contribution < -0.4 is 10.6 Å². The second-order valence-corrected chi connectivity index (χ2v) is 7.38. The third-order valence-corrected chi connectivity index (χ3v) is 4.89. The van der Waals surface area contributed by atoms with E-state index in [0.29, 0.717) is 5.56 Å². The van der Waals surface area contributed by atoms with E-state index in [0.717, 1.165) is 31.2 Å². The molecule has 0 bridgehead atoms. The number of benzene rings is 1. The van der Waals surface area contributed by atoms with Gasteiger partial charge < -0.3 is 15.1 Å². The molecule has 1 aromatic carbocycles. The largest absolute Gasteiger partial charge is 0.472 e. The number of amides is 2. The highest BCUT2D eigenvalue weighted by atomic mass is 16.3. The number of carbonyl (C=O) groups excluding carboxylic acids is 2. The number of likely N-dealkylation sites (tertiary alicyclic amines) is 1. The smallest absolute Gasteiger partial charge is 0.255 e. The van der Waals surface area contributed by atoms with Crippen LogP contribution >= 0.6 is 0 Å². The van der Waals surface area contributed by atoms with Gasteiger partial charge >= 0.3 is 0 Å². The molecule has 2 amide bonds. The van der Waals surface area contributed by atoms with Crippen molar-refractivity contribution in [2.45, 2.75) is 39.3 Å². The molecule has 2 atom stereocenters. The molecule has 0 aliphatic carbocycles. The molecule has 3 rings (SSSR count). The second kappa shape index (κ2) is 8.86. The van der Waals surface area contributed by atoms with E-state index in [9.17, 15) is 9.59 Å². The molecule has 0 saturated carbocycles. The predicted octanol–water partition coefficient (Wildman–Crippen LogP) is 3.27. The van der Waals surface area contributed by atoms with Crippen LogP contribution in [-0.2, 0) is 11.3 Å². The number of nitrogens with one attached hydrogen (secondary N) is 2. The molecule has 6 nitrogen and oxygen atoms in total. The molecule has 0 unspecified atom stereocenters.